The van der Waals surface area contributed by atoms with Gasteiger partial charge in [-0.2, -0.15) is 0 Å². The number of aliphatic hydroxyl groups excluding tert-OH is 1. The molecule has 19 heavy (non-hydrogen) atoms. The van der Waals surface area contributed by atoms with Gasteiger partial charge in [0.05, 0.1) is 11.0 Å². The van der Waals surface area contributed by atoms with Gasteiger partial charge in [-0.3, -0.25) is 0 Å². The van der Waals surface area contributed by atoms with E-state index in [2.05, 4.69) is 0 Å². The summed E-state index contributed by atoms with van der Waals surface area (Å²) < 4.78 is 25.2. The van der Waals surface area contributed by atoms with Gasteiger partial charge >= 0.3 is 0 Å². The molecule has 3 nitrogen and oxygen atoms in total. The molecule has 100 valence electrons. The molecule has 0 aromatic heterocycles. The summed E-state index contributed by atoms with van der Waals surface area (Å²) in [5, 5.41) is 8.94. The normalized spacial score (nSPS) is 14.8. The van der Waals surface area contributed by atoms with Crippen molar-refractivity contribution in [3.63, 3.8) is 0 Å². The summed E-state index contributed by atoms with van der Waals surface area (Å²) >= 11 is 0. The zero-order valence-electron chi connectivity index (χ0n) is 10.6. The first-order valence-electron chi connectivity index (χ1n) is 6.05. The third-order valence-corrected chi connectivity index (χ3v) is 5.24. The van der Waals surface area contributed by atoms with Gasteiger partial charge in [0.2, 0.25) is 0 Å². The summed E-state index contributed by atoms with van der Waals surface area (Å²) in [5.41, 5.74) is 0.598. The van der Waals surface area contributed by atoms with Crippen LogP contribution < -0.4 is 0 Å². The molecule has 0 aliphatic carbocycles. The van der Waals surface area contributed by atoms with Gasteiger partial charge in [0.25, 0.3) is 0 Å². The van der Waals surface area contributed by atoms with E-state index in [0.717, 1.165) is 0 Å². The van der Waals surface area contributed by atoms with Gasteiger partial charge in [-0.15, -0.1) is 0 Å². The van der Waals surface area contributed by atoms with Crippen LogP contribution in [-0.2, 0) is 9.84 Å². The standard InChI is InChI=1S/C15H16O3S/c1-12(16)15(13-8-4-2-5-9-13)19(17,18)14-10-6-3-7-11-14/h2-12,15-16H,1H3/t12-,15+/m0/s1. The van der Waals surface area contributed by atoms with Crippen LogP contribution in [0.3, 0.4) is 0 Å². The second-order valence-electron chi connectivity index (χ2n) is 4.43. The molecule has 0 saturated carbocycles. The van der Waals surface area contributed by atoms with Crippen LogP contribution in [0.4, 0.5) is 0 Å². The van der Waals surface area contributed by atoms with Crippen molar-refractivity contribution in [1.82, 2.24) is 0 Å². The van der Waals surface area contributed by atoms with Gasteiger partial charge in [0.15, 0.2) is 9.84 Å². The summed E-state index contributed by atoms with van der Waals surface area (Å²) in [6.07, 6.45) is -0.979. The second-order valence-corrected chi connectivity index (χ2v) is 6.50. The van der Waals surface area contributed by atoms with Crippen molar-refractivity contribution in [3.8, 4) is 0 Å². The van der Waals surface area contributed by atoms with Gasteiger partial charge in [-0.25, -0.2) is 8.42 Å². The Kier molecular flexibility index (Phi) is 4.02. The van der Waals surface area contributed by atoms with E-state index in [9.17, 15) is 13.5 Å². The second kappa shape index (κ2) is 5.55. The molecule has 2 rings (SSSR count). The predicted molar refractivity (Wildman–Crippen MR) is 74.5 cm³/mol. The molecule has 1 N–H and O–H groups in total. The molecule has 0 unspecified atom stereocenters. The first-order chi connectivity index (χ1) is 9.03. The fourth-order valence-corrected chi connectivity index (χ4v) is 3.98. The number of benzene rings is 2. The molecule has 4 heteroatoms. The van der Waals surface area contributed by atoms with Gasteiger partial charge in [-0.1, -0.05) is 48.5 Å². The van der Waals surface area contributed by atoms with E-state index in [1.165, 1.54) is 6.92 Å². The SMILES string of the molecule is C[C@H](O)[C@H](c1ccccc1)S(=O)(=O)c1ccccc1. The number of hydrogen-bond acceptors (Lipinski definition) is 3. The molecular weight excluding hydrogens is 260 g/mol. The van der Waals surface area contributed by atoms with Gasteiger partial charge in [0.1, 0.15) is 5.25 Å². The molecule has 0 spiro atoms. The Balaban J connectivity index is 2.52. The van der Waals surface area contributed by atoms with Crippen molar-refractivity contribution in [3.05, 3.63) is 66.2 Å². The van der Waals surface area contributed by atoms with E-state index in [4.69, 9.17) is 0 Å². The van der Waals surface area contributed by atoms with E-state index in [1.54, 1.807) is 54.6 Å². The molecule has 0 aliphatic heterocycles. The van der Waals surface area contributed by atoms with Crippen LogP contribution in [0.5, 0.6) is 0 Å². The molecular formula is C15H16O3S. The fraction of sp³-hybridized carbons (Fsp3) is 0.200. The molecule has 0 amide bonds. The minimum atomic E-state index is -3.60. The Bertz CT molecular complexity index is 619. The largest absolute Gasteiger partial charge is 0.392 e. The van der Waals surface area contributed by atoms with Crippen molar-refractivity contribution >= 4 is 9.84 Å². The summed E-state index contributed by atoms with van der Waals surface area (Å²) in [6.45, 7) is 1.50. The van der Waals surface area contributed by atoms with Crippen LogP contribution in [-0.4, -0.2) is 19.6 Å². The highest BCUT2D eigenvalue weighted by molar-refractivity contribution is 7.91. The van der Waals surface area contributed by atoms with E-state index in [0.29, 0.717) is 5.56 Å². The fourth-order valence-electron chi connectivity index (χ4n) is 2.12. The first-order valence-corrected chi connectivity index (χ1v) is 7.60. The highest BCUT2D eigenvalue weighted by Gasteiger charge is 2.32. The molecule has 0 bridgehead atoms. The molecule has 2 aromatic carbocycles. The topological polar surface area (TPSA) is 54.4 Å². The lowest BCUT2D eigenvalue weighted by Crippen LogP contribution is -2.24. The van der Waals surface area contributed by atoms with Crippen molar-refractivity contribution in [1.29, 1.82) is 0 Å². The van der Waals surface area contributed by atoms with Crippen LogP contribution in [0.25, 0.3) is 0 Å². The summed E-state index contributed by atoms with van der Waals surface area (Å²) in [5.74, 6) is 0. The highest BCUT2D eigenvalue weighted by atomic mass is 32.2. The molecule has 2 atom stereocenters. The molecule has 0 fully saturated rings. The summed E-state index contributed by atoms with van der Waals surface area (Å²) in [6, 6.07) is 17.0. The van der Waals surface area contributed by atoms with Gasteiger partial charge < -0.3 is 5.11 Å². The number of rotatable bonds is 4. The first kappa shape index (κ1) is 13.8. The van der Waals surface area contributed by atoms with Crippen LogP contribution in [0.1, 0.15) is 17.7 Å². The van der Waals surface area contributed by atoms with Gasteiger partial charge in [-0.05, 0) is 24.6 Å². The van der Waals surface area contributed by atoms with Crippen LogP contribution in [0.15, 0.2) is 65.6 Å². The third kappa shape index (κ3) is 2.85. The average Bonchev–Trinajstić information content (AvgIpc) is 2.40. The Morgan fingerprint density at radius 2 is 1.37 bits per heavy atom. The van der Waals surface area contributed by atoms with Crippen molar-refractivity contribution in [2.45, 2.75) is 23.2 Å². The lowest BCUT2D eigenvalue weighted by molar-refractivity contribution is 0.188. The zero-order chi connectivity index (χ0) is 13.9. The van der Waals surface area contributed by atoms with E-state index >= 15 is 0 Å². The zero-order valence-corrected chi connectivity index (χ0v) is 11.4. The maximum Gasteiger partial charge on any atom is 0.187 e. The minimum Gasteiger partial charge on any atom is -0.392 e. The van der Waals surface area contributed by atoms with Crippen LogP contribution in [0, 0.1) is 0 Å². The Morgan fingerprint density at radius 3 is 1.84 bits per heavy atom. The lowest BCUT2D eigenvalue weighted by Gasteiger charge is -2.20. The third-order valence-electron chi connectivity index (χ3n) is 2.97. The maximum atomic E-state index is 12.6. The number of hydrogen-bond donors (Lipinski definition) is 1. The average molecular weight is 276 g/mol. The molecule has 2 aromatic rings. The molecule has 0 radical (unpaired) electrons. The van der Waals surface area contributed by atoms with Crippen LogP contribution in [0.2, 0.25) is 0 Å². The van der Waals surface area contributed by atoms with Crippen molar-refractivity contribution in [2.75, 3.05) is 0 Å². The monoisotopic (exact) mass is 276 g/mol. The van der Waals surface area contributed by atoms with Crippen molar-refractivity contribution in [2.24, 2.45) is 0 Å². The van der Waals surface area contributed by atoms with E-state index in [1.807, 2.05) is 6.07 Å². The summed E-state index contributed by atoms with van der Waals surface area (Å²) in [7, 11) is -3.60. The summed E-state index contributed by atoms with van der Waals surface area (Å²) in [4.78, 5) is 0.227. The molecule has 0 saturated heterocycles. The molecule has 0 aliphatic rings. The number of sulfone groups is 1. The van der Waals surface area contributed by atoms with Gasteiger partial charge in [0, 0.05) is 0 Å². The van der Waals surface area contributed by atoms with E-state index in [-0.39, 0.29) is 4.90 Å². The number of aliphatic hydroxyl groups is 1. The van der Waals surface area contributed by atoms with Crippen molar-refractivity contribution < 1.29 is 13.5 Å². The Hall–Kier alpha value is -1.65. The smallest absolute Gasteiger partial charge is 0.187 e. The van der Waals surface area contributed by atoms with E-state index < -0.39 is 21.2 Å². The highest BCUT2D eigenvalue weighted by Crippen LogP contribution is 2.31. The van der Waals surface area contributed by atoms with Crippen LogP contribution >= 0.6 is 0 Å². The Labute approximate surface area is 113 Å². The predicted octanol–water partition coefficient (Wildman–Crippen LogP) is 2.58. The maximum absolute atomic E-state index is 12.6. The lowest BCUT2D eigenvalue weighted by atomic mass is 10.1. The molecule has 0 heterocycles. The quantitative estimate of drug-likeness (QED) is 0.933. The minimum absolute atomic E-state index is 0.227. The Morgan fingerprint density at radius 1 is 0.895 bits per heavy atom.